The van der Waals surface area contributed by atoms with Gasteiger partial charge in [-0.25, -0.2) is 4.98 Å². The molecule has 2 fully saturated rings. The normalized spacial score (nSPS) is 28.8. The number of aromatic nitrogens is 2. The molecule has 3 rings (SSSR count). The van der Waals surface area contributed by atoms with Crippen LogP contribution in [0.3, 0.4) is 0 Å². The number of nitrogens with zero attached hydrogens (tertiary/aromatic N) is 3. The van der Waals surface area contributed by atoms with E-state index >= 15 is 0 Å². The van der Waals surface area contributed by atoms with Crippen molar-refractivity contribution in [2.24, 2.45) is 5.41 Å². The maximum absolute atomic E-state index is 5.55. The van der Waals surface area contributed by atoms with Crippen molar-refractivity contribution < 1.29 is 4.74 Å². The predicted molar refractivity (Wildman–Crippen MR) is 68.7 cm³/mol. The molecule has 2 aliphatic rings. The smallest absolute Gasteiger partial charge is 0.205 e. The molecule has 94 valence electrons. The Bertz CT molecular complexity index is 398. The maximum atomic E-state index is 5.55. The molecule has 3 heterocycles. The van der Waals surface area contributed by atoms with Crippen molar-refractivity contribution in [3.05, 3.63) is 5.82 Å². The zero-order valence-electron chi connectivity index (χ0n) is 10.5. The van der Waals surface area contributed by atoms with Crippen molar-refractivity contribution in [1.29, 1.82) is 0 Å². The molecular weight excluding hydrogens is 234 g/mol. The summed E-state index contributed by atoms with van der Waals surface area (Å²) in [6, 6.07) is 0. The summed E-state index contributed by atoms with van der Waals surface area (Å²) >= 11 is 1.54. The predicted octanol–water partition coefficient (Wildman–Crippen LogP) is 2.28. The first-order valence-electron chi connectivity index (χ1n) is 6.35. The fraction of sp³-hybridized carbons (Fsp3) is 0.833. The Labute approximate surface area is 106 Å². The highest BCUT2D eigenvalue weighted by Gasteiger charge is 2.42. The van der Waals surface area contributed by atoms with E-state index in [0.717, 1.165) is 37.3 Å². The molecule has 0 bridgehead atoms. The molecule has 0 radical (unpaired) electrons. The highest BCUT2D eigenvalue weighted by atomic mass is 32.1. The van der Waals surface area contributed by atoms with E-state index in [-0.39, 0.29) is 0 Å². The van der Waals surface area contributed by atoms with Gasteiger partial charge in [0.05, 0.1) is 6.61 Å². The van der Waals surface area contributed by atoms with Crippen molar-refractivity contribution in [1.82, 2.24) is 9.36 Å². The maximum Gasteiger partial charge on any atom is 0.205 e. The van der Waals surface area contributed by atoms with Gasteiger partial charge in [-0.3, -0.25) is 0 Å². The highest BCUT2D eigenvalue weighted by molar-refractivity contribution is 7.09. The Morgan fingerprint density at radius 2 is 2.29 bits per heavy atom. The Kier molecular flexibility index (Phi) is 2.83. The third-order valence-corrected chi connectivity index (χ3v) is 4.63. The van der Waals surface area contributed by atoms with Crippen LogP contribution in [0.2, 0.25) is 0 Å². The van der Waals surface area contributed by atoms with Crippen LogP contribution in [-0.4, -0.2) is 35.7 Å². The molecule has 2 saturated heterocycles. The fourth-order valence-electron chi connectivity index (χ4n) is 2.66. The Morgan fingerprint density at radius 1 is 1.41 bits per heavy atom. The van der Waals surface area contributed by atoms with Crippen molar-refractivity contribution in [3.8, 4) is 0 Å². The third-order valence-electron chi connectivity index (χ3n) is 3.84. The second-order valence-electron chi connectivity index (χ2n) is 5.56. The summed E-state index contributed by atoms with van der Waals surface area (Å²) in [6.07, 6.45) is 2.45. The van der Waals surface area contributed by atoms with Crippen LogP contribution in [0.1, 0.15) is 38.4 Å². The average molecular weight is 253 g/mol. The molecule has 0 saturated carbocycles. The molecule has 0 N–H and O–H groups in total. The molecule has 17 heavy (non-hydrogen) atoms. The molecule has 5 heteroatoms. The number of hydrogen-bond acceptors (Lipinski definition) is 5. The Hall–Kier alpha value is -0.680. The molecule has 1 spiro atoms. The highest BCUT2D eigenvalue weighted by Crippen LogP contribution is 2.40. The topological polar surface area (TPSA) is 38.2 Å². The number of anilines is 1. The average Bonchev–Trinajstić information content (AvgIpc) is 3.01. The molecule has 1 unspecified atom stereocenters. The van der Waals surface area contributed by atoms with Crippen LogP contribution in [0, 0.1) is 5.41 Å². The molecule has 2 aliphatic heterocycles. The van der Waals surface area contributed by atoms with Gasteiger partial charge in [0.2, 0.25) is 5.13 Å². The van der Waals surface area contributed by atoms with E-state index < -0.39 is 0 Å². The minimum absolute atomic E-state index is 0.406. The molecule has 4 nitrogen and oxygen atoms in total. The van der Waals surface area contributed by atoms with Crippen LogP contribution in [0.15, 0.2) is 0 Å². The van der Waals surface area contributed by atoms with Crippen LogP contribution >= 0.6 is 11.5 Å². The second kappa shape index (κ2) is 4.21. The quantitative estimate of drug-likeness (QED) is 0.810. The lowest BCUT2D eigenvalue weighted by atomic mass is 9.87. The van der Waals surface area contributed by atoms with Crippen LogP contribution in [0.4, 0.5) is 5.13 Å². The first-order chi connectivity index (χ1) is 8.19. The monoisotopic (exact) mass is 253 g/mol. The van der Waals surface area contributed by atoms with Crippen molar-refractivity contribution in [2.45, 2.75) is 32.6 Å². The summed E-state index contributed by atoms with van der Waals surface area (Å²) in [5.41, 5.74) is 0.406. The molecule has 0 aromatic carbocycles. The minimum Gasteiger partial charge on any atom is -0.381 e. The number of ether oxygens (including phenoxy) is 1. The summed E-state index contributed by atoms with van der Waals surface area (Å²) in [6.45, 7) is 8.35. The van der Waals surface area contributed by atoms with Gasteiger partial charge in [-0.1, -0.05) is 13.8 Å². The molecule has 0 aliphatic carbocycles. The van der Waals surface area contributed by atoms with E-state index in [1.54, 1.807) is 11.5 Å². The van der Waals surface area contributed by atoms with Gasteiger partial charge < -0.3 is 9.64 Å². The third kappa shape index (κ3) is 2.06. The Balaban J connectivity index is 1.73. The minimum atomic E-state index is 0.406. The molecule has 1 atom stereocenters. The first-order valence-corrected chi connectivity index (χ1v) is 7.12. The van der Waals surface area contributed by atoms with Crippen molar-refractivity contribution >= 4 is 16.7 Å². The van der Waals surface area contributed by atoms with E-state index in [1.807, 2.05) is 0 Å². The van der Waals surface area contributed by atoms with Gasteiger partial charge >= 0.3 is 0 Å². The second-order valence-corrected chi connectivity index (χ2v) is 6.29. The van der Waals surface area contributed by atoms with Gasteiger partial charge in [0.1, 0.15) is 5.82 Å². The van der Waals surface area contributed by atoms with Crippen LogP contribution in [0.5, 0.6) is 0 Å². The van der Waals surface area contributed by atoms with E-state index in [1.165, 1.54) is 12.8 Å². The number of hydrogen-bond donors (Lipinski definition) is 0. The Morgan fingerprint density at radius 3 is 2.94 bits per heavy atom. The molecule has 0 amide bonds. The van der Waals surface area contributed by atoms with Crippen LogP contribution in [-0.2, 0) is 4.74 Å². The van der Waals surface area contributed by atoms with Crippen LogP contribution in [0.25, 0.3) is 0 Å². The lowest BCUT2D eigenvalue weighted by Gasteiger charge is -2.21. The molecule has 1 aromatic rings. The van der Waals surface area contributed by atoms with Gasteiger partial charge in [-0.05, 0) is 12.8 Å². The lowest BCUT2D eigenvalue weighted by molar-refractivity contribution is 0.160. The van der Waals surface area contributed by atoms with E-state index in [2.05, 4.69) is 28.1 Å². The largest absolute Gasteiger partial charge is 0.381 e. The zero-order valence-corrected chi connectivity index (χ0v) is 11.3. The van der Waals surface area contributed by atoms with Gasteiger partial charge in [0.15, 0.2) is 0 Å². The summed E-state index contributed by atoms with van der Waals surface area (Å²) in [4.78, 5) is 7.03. The number of rotatable bonds is 2. The standard InChI is InChI=1S/C12H19N3OS/c1-9(2)10-13-11(17-14-10)15-5-3-12(7-15)4-6-16-8-12/h9H,3-8H2,1-2H3. The van der Waals surface area contributed by atoms with Crippen molar-refractivity contribution in [3.63, 3.8) is 0 Å². The van der Waals surface area contributed by atoms with Crippen molar-refractivity contribution in [2.75, 3.05) is 31.2 Å². The van der Waals surface area contributed by atoms with Gasteiger partial charge in [0, 0.05) is 42.6 Å². The summed E-state index contributed by atoms with van der Waals surface area (Å²) in [5.74, 6) is 1.40. The first kappa shape index (κ1) is 11.4. The lowest BCUT2D eigenvalue weighted by Crippen LogP contribution is -2.27. The summed E-state index contributed by atoms with van der Waals surface area (Å²) in [7, 11) is 0. The van der Waals surface area contributed by atoms with Gasteiger partial charge in [0.25, 0.3) is 0 Å². The SMILES string of the molecule is CC(C)c1nsc(N2CCC3(CCOC3)C2)n1. The van der Waals surface area contributed by atoms with E-state index in [0.29, 0.717) is 11.3 Å². The van der Waals surface area contributed by atoms with Gasteiger partial charge in [-0.2, -0.15) is 4.37 Å². The fourth-order valence-corrected chi connectivity index (χ4v) is 3.49. The van der Waals surface area contributed by atoms with E-state index in [9.17, 15) is 0 Å². The van der Waals surface area contributed by atoms with Gasteiger partial charge in [-0.15, -0.1) is 0 Å². The molecule has 1 aromatic heterocycles. The summed E-state index contributed by atoms with van der Waals surface area (Å²) in [5, 5.41) is 1.09. The summed E-state index contributed by atoms with van der Waals surface area (Å²) < 4.78 is 9.98. The molecular formula is C12H19N3OS. The van der Waals surface area contributed by atoms with E-state index in [4.69, 9.17) is 4.74 Å². The zero-order chi connectivity index (χ0) is 11.9. The van der Waals surface area contributed by atoms with Crippen LogP contribution < -0.4 is 4.90 Å².